The van der Waals surface area contributed by atoms with E-state index in [-0.39, 0.29) is 18.2 Å². The largest absolute Gasteiger partial charge is 0.468 e. The van der Waals surface area contributed by atoms with Crippen molar-refractivity contribution in [1.29, 1.82) is 0 Å². The summed E-state index contributed by atoms with van der Waals surface area (Å²) in [6.07, 6.45) is 2.53. The van der Waals surface area contributed by atoms with Crippen molar-refractivity contribution in [2.45, 2.75) is 19.9 Å². The van der Waals surface area contributed by atoms with Crippen molar-refractivity contribution in [2.24, 2.45) is 0 Å². The third-order valence-electron chi connectivity index (χ3n) is 3.51. The number of furan rings is 1. The smallest absolute Gasteiger partial charge is 0.123 e. The number of halogens is 2. The molecule has 0 radical (unpaired) electrons. The molecule has 0 saturated heterocycles. The van der Waals surface area contributed by atoms with Crippen LogP contribution in [0.25, 0.3) is 10.9 Å². The second-order valence-electron chi connectivity index (χ2n) is 4.92. The lowest BCUT2D eigenvalue weighted by atomic mass is 10.1. The second kappa shape index (κ2) is 6.78. The summed E-state index contributed by atoms with van der Waals surface area (Å²) < 4.78 is 18.6. The number of nitrogens with one attached hydrogen (secondary N) is 2. The van der Waals surface area contributed by atoms with Gasteiger partial charge in [0.1, 0.15) is 11.6 Å². The van der Waals surface area contributed by atoms with Crippen LogP contribution in [0.3, 0.4) is 0 Å². The second-order valence-corrected chi connectivity index (χ2v) is 4.92. The molecule has 3 aromatic rings. The maximum atomic E-state index is 13.4. The van der Waals surface area contributed by atoms with Crippen LogP contribution in [0.5, 0.6) is 0 Å². The van der Waals surface area contributed by atoms with Crippen LogP contribution in [-0.4, -0.2) is 11.5 Å². The molecule has 2 N–H and O–H groups in total. The van der Waals surface area contributed by atoms with Gasteiger partial charge >= 0.3 is 0 Å². The number of hydrogen-bond donors (Lipinski definition) is 2. The van der Waals surface area contributed by atoms with Gasteiger partial charge in [-0.1, -0.05) is 0 Å². The first-order chi connectivity index (χ1) is 9.74. The van der Waals surface area contributed by atoms with Gasteiger partial charge in [-0.2, -0.15) is 0 Å². The SMILES string of the molecule is Cc1[nH]c2ccc(F)cc2c1CCNCc1ccco1.Cl. The summed E-state index contributed by atoms with van der Waals surface area (Å²) in [5.74, 6) is 0.730. The first kappa shape index (κ1) is 15.6. The number of H-pyrrole nitrogens is 1. The minimum Gasteiger partial charge on any atom is -0.468 e. The van der Waals surface area contributed by atoms with E-state index in [0.717, 1.165) is 35.3 Å². The summed E-state index contributed by atoms with van der Waals surface area (Å²) in [6, 6.07) is 8.69. The molecule has 0 unspecified atom stereocenters. The van der Waals surface area contributed by atoms with E-state index >= 15 is 0 Å². The van der Waals surface area contributed by atoms with E-state index in [4.69, 9.17) is 4.42 Å². The van der Waals surface area contributed by atoms with Crippen molar-refractivity contribution < 1.29 is 8.81 Å². The molecule has 3 rings (SSSR count). The van der Waals surface area contributed by atoms with Crippen molar-refractivity contribution in [3.63, 3.8) is 0 Å². The molecule has 0 atom stereocenters. The zero-order chi connectivity index (χ0) is 13.9. The maximum absolute atomic E-state index is 13.4. The lowest BCUT2D eigenvalue weighted by molar-refractivity contribution is 0.484. The predicted molar refractivity (Wildman–Crippen MR) is 84.4 cm³/mol. The van der Waals surface area contributed by atoms with Crippen LogP contribution in [0.2, 0.25) is 0 Å². The summed E-state index contributed by atoms with van der Waals surface area (Å²) in [6.45, 7) is 3.56. The molecule has 1 aromatic carbocycles. The fraction of sp³-hybridized carbons (Fsp3) is 0.250. The third kappa shape index (κ3) is 3.46. The maximum Gasteiger partial charge on any atom is 0.123 e. The van der Waals surface area contributed by atoms with Gasteiger partial charge in [-0.15, -0.1) is 12.4 Å². The van der Waals surface area contributed by atoms with Gasteiger partial charge < -0.3 is 14.7 Å². The van der Waals surface area contributed by atoms with Gasteiger partial charge in [0.15, 0.2) is 0 Å². The molecule has 5 heteroatoms. The predicted octanol–water partition coefficient (Wildman–Crippen LogP) is 3.96. The Bertz CT molecular complexity index is 706. The Balaban J connectivity index is 0.00000161. The van der Waals surface area contributed by atoms with Crippen LogP contribution in [0, 0.1) is 12.7 Å². The van der Waals surface area contributed by atoms with E-state index in [9.17, 15) is 4.39 Å². The quantitative estimate of drug-likeness (QED) is 0.700. The lowest BCUT2D eigenvalue weighted by Gasteiger charge is -2.04. The topological polar surface area (TPSA) is 41.0 Å². The highest BCUT2D eigenvalue weighted by atomic mass is 35.5. The van der Waals surface area contributed by atoms with Gasteiger partial charge in [-0.05, 0) is 55.8 Å². The van der Waals surface area contributed by atoms with E-state index in [1.807, 2.05) is 19.1 Å². The zero-order valence-electron chi connectivity index (χ0n) is 11.8. The highest BCUT2D eigenvalue weighted by molar-refractivity contribution is 5.85. The number of aromatic amines is 1. The molecule has 0 amide bonds. The Morgan fingerprint density at radius 2 is 2.14 bits per heavy atom. The average molecular weight is 309 g/mol. The number of fused-ring (bicyclic) bond motifs is 1. The highest BCUT2D eigenvalue weighted by Crippen LogP contribution is 2.23. The molecule has 0 aliphatic carbocycles. The summed E-state index contributed by atoms with van der Waals surface area (Å²) >= 11 is 0. The van der Waals surface area contributed by atoms with E-state index in [0.29, 0.717) is 6.54 Å². The molecule has 0 fully saturated rings. The van der Waals surface area contributed by atoms with Crippen LogP contribution < -0.4 is 5.32 Å². The number of rotatable bonds is 5. The van der Waals surface area contributed by atoms with Crippen LogP contribution in [0.1, 0.15) is 17.0 Å². The number of aryl methyl sites for hydroxylation is 1. The van der Waals surface area contributed by atoms with Crippen LogP contribution in [-0.2, 0) is 13.0 Å². The van der Waals surface area contributed by atoms with E-state index < -0.39 is 0 Å². The molecule has 21 heavy (non-hydrogen) atoms. The van der Waals surface area contributed by atoms with Crippen molar-refractivity contribution >= 4 is 23.3 Å². The fourth-order valence-electron chi connectivity index (χ4n) is 2.51. The molecule has 0 saturated carbocycles. The van der Waals surface area contributed by atoms with Crippen LogP contribution >= 0.6 is 12.4 Å². The Hall–Kier alpha value is -1.78. The van der Waals surface area contributed by atoms with Gasteiger partial charge in [0.25, 0.3) is 0 Å². The van der Waals surface area contributed by atoms with Crippen molar-refractivity contribution in [1.82, 2.24) is 10.3 Å². The summed E-state index contributed by atoms with van der Waals surface area (Å²) in [5.41, 5.74) is 3.27. The Morgan fingerprint density at radius 3 is 2.90 bits per heavy atom. The van der Waals surface area contributed by atoms with Gasteiger partial charge in [-0.3, -0.25) is 0 Å². The monoisotopic (exact) mass is 308 g/mol. The van der Waals surface area contributed by atoms with Gasteiger partial charge in [0.05, 0.1) is 12.8 Å². The molecule has 2 aromatic heterocycles. The minimum atomic E-state index is -0.193. The first-order valence-corrected chi connectivity index (χ1v) is 6.74. The van der Waals surface area contributed by atoms with E-state index in [2.05, 4.69) is 10.3 Å². The Morgan fingerprint density at radius 1 is 1.29 bits per heavy atom. The molecule has 0 bridgehead atoms. The van der Waals surface area contributed by atoms with Crippen LogP contribution in [0.15, 0.2) is 41.0 Å². The molecular formula is C16H18ClFN2O. The standard InChI is InChI=1S/C16H17FN2O.ClH/c1-11-14(6-7-18-10-13-3-2-8-20-13)15-9-12(17)4-5-16(15)19-11;/h2-5,8-9,18-19H,6-7,10H2,1H3;1H. The van der Waals surface area contributed by atoms with Gasteiger partial charge in [-0.25, -0.2) is 4.39 Å². The number of hydrogen-bond acceptors (Lipinski definition) is 2. The molecule has 3 nitrogen and oxygen atoms in total. The molecular weight excluding hydrogens is 291 g/mol. The van der Waals surface area contributed by atoms with Crippen LogP contribution in [0.4, 0.5) is 4.39 Å². The molecule has 0 spiro atoms. The Labute approximate surface area is 129 Å². The van der Waals surface area contributed by atoms with Gasteiger partial charge in [0, 0.05) is 16.6 Å². The number of benzene rings is 1. The number of aromatic nitrogens is 1. The van der Waals surface area contributed by atoms with E-state index in [1.165, 1.54) is 11.6 Å². The highest BCUT2D eigenvalue weighted by Gasteiger charge is 2.08. The first-order valence-electron chi connectivity index (χ1n) is 6.74. The lowest BCUT2D eigenvalue weighted by Crippen LogP contribution is -2.16. The molecule has 0 aliphatic rings. The van der Waals surface area contributed by atoms with Gasteiger partial charge in [0.2, 0.25) is 0 Å². The van der Waals surface area contributed by atoms with Crippen molar-refractivity contribution in [3.05, 3.63) is 59.4 Å². The summed E-state index contributed by atoms with van der Waals surface area (Å²) in [4.78, 5) is 3.30. The molecule has 0 aliphatic heterocycles. The summed E-state index contributed by atoms with van der Waals surface area (Å²) in [5, 5.41) is 4.31. The third-order valence-corrected chi connectivity index (χ3v) is 3.51. The zero-order valence-corrected chi connectivity index (χ0v) is 12.6. The fourth-order valence-corrected chi connectivity index (χ4v) is 2.51. The minimum absolute atomic E-state index is 0. The summed E-state index contributed by atoms with van der Waals surface area (Å²) in [7, 11) is 0. The average Bonchev–Trinajstić information content (AvgIpc) is 3.03. The van der Waals surface area contributed by atoms with Crippen molar-refractivity contribution in [2.75, 3.05) is 6.54 Å². The molecule has 112 valence electrons. The Kier molecular flexibility index (Phi) is 5.04. The van der Waals surface area contributed by atoms with E-state index in [1.54, 1.807) is 18.4 Å². The van der Waals surface area contributed by atoms with Crippen molar-refractivity contribution in [3.8, 4) is 0 Å². The normalized spacial score (nSPS) is 10.8. The molecule has 2 heterocycles.